The quantitative estimate of drug-likeness (QED) is 0.744. The van der Waals surface area contributed by atoms with Crippen LogP contribution in [0.1, 0.15) is 15.9 Å². The number of benzene rings is 3. The van der Waals surface area contributed by atoms with Crippen LogP contribution in [0.25, 0.3) is 10.8 Å². The molecule has 0 spiro atoms. The standard InChI is InChI=1S/C21H20N2O3/c1-23(13-17-9-4-7-15-6-2-3-11-19(15)17)21(25)16-8-5-10-18(12-16)26-14-20(22)24/h2-12H,13-14H2,1H3,(H2,22,24). The Morgan fingerprint density at radius 2 is 1.73 bits per heavy atom. The zero-order valence-electron chi connectivity index (χ0n) is 14.5. The van der Waals surface area contributed by atoms with Gasteiger partial charge >= 0.3 is 0 Å². The van der Waals surface area contributed by atoms with Gasteiger partial charge in [-0.15, -0.1) is 0 Å². The average Bonchev–Trinajstić information content (AvgIpc) is 2.66. The van der Waals surface area contributed by atoms with Crippen molar-refractivity contribution < 1.29 is 14.3 Å². The minimum absolute atomic E-state index is 0.123. The van der Waals surface area contributed by atoms with Crippen molar-refractivity contribution in [3.63, 3.8) is 0 Å². The molecule has 132 valence electrons. The van der Waals surface area contributed by atoms with Gasteiger partial charge in [-0.25, -0.2) is 0 Å². The van der Waals surface area contributed by atoms with Crippen molar-refractivity contribution in [1.82, 2.24) is 4.90 Å². The summed E-state index contributed by atoms with van der Waals surface area (Å²) in [6.07, 6.45) is 0. The Morgan fingerprint density at radius 3 is 2.54 bits per heavy atom. The van der Waals surface area contributed by atoms with E-state index in [2.05, 4.69) is 18.2 Å². The van der Waals surface area contributed by atoms with Crippen molar-refractivity contribution in [2.75, 3.05) is 13.7 Å². The lowest BCUT2D eigenvalue weighted by molar-refractivity contribution is -0.119. The molecular weight excluding hydrogens is 328 g/mol. The van der Waals surface area contributed by atoms with Gasteiger partial charge in [-0.2, -0.15) is 0 Å². The van der Waals surface area contributed by atoms with Crippen LogP contribution in [-0.2, 0) is 11.3 Å². The molecule has 0 aliphatic heterocycles. The highest BCUT2D eigenvalue weighted by Gasteiger charge is 2.14. The largest absolute Gasteiger partial charge is 0.484 e. The highest BCUT2D eigenvalue weighted by molar-refractivity contribution is 5.95. The molecule has 0 unspecified atom stereocenters. The molecule has 3 aromatic carbocycles. The van der Waals surface area contributed by atoms with E-state index in [0.29, 0.717) is 17.9 Å². The Labute approximate surface area is 152 Å². The van der Waals surface area contributed by atoms with Gasteiger partial charge in [-0.05, 0) is 34.5 Å². The number of rotatable bonds is 6. The number of carbonyl (C=O) groups excluding carboxylic acids is 2. The molecule has 0 bridgehead atoms. The van der Waals surface area contributed by atoms with Crippen molar-refractivity contribution in [2.24, 2.45) is 5.73 Å². The summed E-state index contributed by atoms with van der Waals surface area (Å²) in [6.45, 7) is 0.274. The third-order valence-electron chi connectivity index (χ3n) is 4.10. The van der Waals surface area contributed by atoms with E-state index in [1.165, 1.54) is 0 Å². The predicted molar refractivity (Wildman–Crippen MR) is 101 cm³/mol. The normalized spacial score (nSPS) is 10.5. The molecule has 5 nitrogen and oxygen atoms in total. The van der Waals surface area contributed by atoms with Gasteiger partial charge in [-0.3, -0.25) is 9.59 Å². The van der Waals surface area contributed by atoms with Crippen molar-refractivity contribution in [1.29, 1.82) is 0 Å². The van der Waals surface area contributed by atoms with Crippen LogP contribution in [0.4, 0.5) is 0 Å². The maximum absolute atomic E-state index is 12.8. The molecule has 0 saturated carbocycles. The number of nitrogens with zero attached hydrogens (tertiary/aromatic N) is 1. The monoisotopic (exact) mass is 348 g/mol. The lowest BCUT2D eigenvalue weighted by Gasteiger charge is -2.19. The number of nitrogens with two attached hydrogens (primary N) is 1. The lowest BCUT2D eigenvalue weighted by atomic mass is 10.0. The van der Waals surface area contributed by atoms with E-state index in [9.17, 15) is 9.59 Å². The van der Waals surface area contributed by atoms with E-state index in [4.69, 9.17) is 10.5 Å². The fourth-order valence-corrected chi connectivity index (χ4v) is 2.85. The first-order chi connectivity index (χ1) is 12.5. The van der Waals surface area contributed by atoms with Gasteiger partial charge < -0.3 is 15.4 Å². The summed E-state index contributed by atoms with van der Waals surface area (Å²) in [5.41, 5.74) is 6.66. The van der Waals surface area contributed by atoms with E-state index in [1.807, 2.05) is 24.3 Å². The van der Waals surface area contributed by atoms with Gasteiger partial charge in [0.05, 0.1) is 0 Å². The maximum Gasteiger partial charge on any atom is 0.255 e. The molecule has 2 N–H and O–H groups in total. The first-order valence-electron chi connectivity index (χ1n) is 8.28. The number of hydrogen-bond acceptors (Lipinski definition) is 3. The van der Waals surface area contributed by atoms with E-state index in [-0.39, 0.29) is 12.5 Å². The number of fused-ring (bicyclic) bond motifs is 1. The summed E-state index contributed by atoms with van der Waals surface area (Å²) < 4.78 is 5.27. The zero-order valence-corrected chi connectivity index (χ0v) is 14.5. The van der Waals surface area contributed by atoms with Crippen LogP contribution in [0.2, 0.25) is 0 Å². The van der Waals surface area contributed by atoms with Crippen molar-refractivity contribution >= 4 is 22.6 Å². The number of carbonyl (C=O) groups is 2. The molecule has 0 radical (unpaired) electrons. The van der Waals surface area contributed by atoms with E-state index >= 15 is 0 Å². The Morgan fingerprint density at radius 1 is 1.00 bits per heavy atom. The van der Waals surface area contributed by atoms with Crippen LogP contribution in [-0.4, -0.2) is 30.4 Å². The second-order valence-electron chi connectivity index (χ2n) is 6.08. The van der Waals surface area contributed by atoms with Gasteiger partial charge in [0.25, 0.3) is 11.8 Å². The van der Waals surface area contributed by atoms with E-state index in [1.54, 1.807) is 36.2 Å². The van der Waals surface area contributed by atoms with Crippen molar-refractivity contribution in [3.8, 4) is 5.75 Å². The zero-order chi connectivity index (χ0) is 18.5. The summed E-state index contributed by atoms with van der Waals surface area (Å²) in [4.78, 5) is 25.2. The summed E-state index contributed by atoms with van der Waals surface area (Å²) in [7, 11) is 1.76. The molecule has 0 saturated heterocycles. The maximum atomic E-state index is 12.8. The lowest BCUT2D eigenvalue weighted by Crippen LogP contribution is -2.26. The molecule has 0 heterocycles. The van der Waals surface area contributed by atoms with Crippen molar-refractivity contribution in [2.45, 2.75) is 6.54 Å². The number of ether oxygens (including phenoxy) is 1. The molecule has 26 heavy (non-hydrogen) atoms. The fraction of sp³-hybridized carbons (Fsp3) is 0.143. The predicted octanol–water partition coefficient (Wildman–Crippen LogP) is 2.98. The summed E-state index contributed by atoms with van der Waals surface area (Å²) in [5.74, 6) is -0.245. The number of primary amides is 1. The minimum Gasteiger partial charge on any atom is -0.484 e. The molecule has 0 atom stereocenters. The first kappa shape index (κ1) is 17.5. The van der Waals surface area contributed by atoms with Crippen LogP contribution in [0, 0.1) is 0 Å². The third kappa shape index (κ3) is 4.00. The SMILES string of the molecule is CN(Cc1cccc2ccccc12)C(=O)c1cccc(OCC(N)=O)c1. The van der Waals surface area contributed by atoms with Gasteiger partial charge in [0, 0.05) is 19.2 Å². The van der Waals surface area contributed by atoms with E-state index in [0.717, 1.165) is 16.3 Å². The minimum atomic E-state index is -0.560. The topological polar surface area (TPSA) is 72.6 Å². The summed E-state index contributed by atoms with van der Waals surface area (Å²) in [6, 6.07) is 20.9. The number of hydrogen-bond donors (Lipinski definition) is 1. The molecule has 3 aromatic rings. The van der Waals surface area contributed by atoms with Crippen LogP contribution >= 0.6 is 0 Å². The first-order valence-corrected chi connectivity index (χ1v) is 8.28. The summed E-state index contributed by atoms with van der Waals surface area (Å²) >= 11 is 0. The Bertz CT molecular complexity index is 947. The third-order valence-corrected chi connectivity index (χ3v) is 4.10. The highest BCUT2D eigenvalue weighted by atomic mass is 16.5. The second kappa shape index (κ2) is 7.70. The van der Waals surface area contributed by atoms with Gasteiger partial charge in [-0.1, -0.05) is 48.5 Å². The fourth-order valence-electron chi connectivity index (χ4n) is 2.85. The molecule has 2 amide bonds. The molecule has 5 heteroatoms. The molecule has 0 aliphatic carbocycles. The Hall–Kier alpha value is -3.34. The second-order valence-corrected chi connectivity index (χ2v) is 6.08. The van der Waals surface area contributed by atoms with Crippen LogP contribution in [0.5, 0.6) is 5.75 Å². The van der Waals surface area contributed by atoms with Crippen LogP contribution < -0.4 is 10.5 Å². The number of amides is 2. The van der Waals surface area contributed by atoms with Gasteiger partial charge in [0.2, 0.25) is 0 Å². The van der Waals surface area contributed by atoms with E-state index < -0.39 is 5.91 Å². The molecule has 3 rings (SSSR count). The van der Waals surface area contributed by atoms with Gasteiger partial charge in [0.1, 0.15) is 5.75 Å². The molecular formula is C21H20N2O3. The molecule has 0 fully saturated rings. The summed E-state index contributed by atoms with van der Waals surface area (Å²) in [5, 5.41) is 2.28. The highest BCUT2D eigenvalue weighted by Crippen LogP contribution is 2.21. The average molecular weight is 348 g/mol. The molecule has 0 aliphatic rings. The Kier molecular flexibility index (Phi) is 5.17. The Balaban J connectivity index is 1.77. The van der Waals surface area contributed by atoms with Crippen LogP contribution in [0.15, 0.2) is 66.7 Å². The smallest absolute Gasteiger partial charge is 0.255 e. The van der Waals surface area contributed by atoms with Gasteiger partial charge in [0.15, 0.2) is 6.61 Å². The molecule has 0 aromatic heterocycles. The van der Waals surface area contributed by atoms with Crippen molar-refractivity contribution in [3.05, 3.63) is 77.9 Å². The van der Waals surface area contributed by atoms with Crippen LogP contribution in [0.3, 0.4) is 0 Å².